The van der Waals surface area contributed by atoms with E-state index in [1.54, 1.807) is 17.3 Å². The van der Waals surface area contributed by atoms with Gasteiger partial charge in [0.2, 0.25) is 5.95 Å². The number of alkyl halides is 1. The Kier molecular flexibility index (Phi) is 7.20. The molecule has 0 atom stereocenters. The quantitative estimate of drug-likeness (QED) is 0.618. The van der Waals surface area contributed by atoms with Crippen molar-refractivity contribution in [1.82, 2.24) is 19.8 Å². The van der Waals surface area contributed by atoms with Crippen molar-refractivity contribution in [2.24, 2.45) is 5.92 Å². The summed E-state index contributed by atoms with van der Waals surface area (Å²) < 4.78 is 56.2. The van der Waals surface area contributed by atoms with Crippen molar-refractivity contribution < 1.29 is 22.4 Å². The van der Waals surface area contributed by atoms with E-state index in [0.717, 1.165) is 5.56 Å². The van der Waals surface area contributed by atoms with E-state index in [9.17, 15) is 18.0 Å². The van der Waals surface area contributed by atoms with Gasteiger partial charge in [-0.15, -0.1) is 0 Å². The van der Waals surface area contributed by atoms with E-state index in [0.29, 0.717) is 57.7 Å². The maximum Gasteiger partial charge on any atom is 0.260 e. The molecule has 0 aliphatic carbocycles. The molecule has 184 valence electrons. The van der Waals surface area contributed by atoms with Gasteiger partial charge in [0.15, 0.2) is 17.3 Å². The molecule has 11 heteroatoms. The first-order valence-electron chi connectivity index (χ1n) is 11.4. The molecule has 2 aliphatic heterocycles. The number of nitrogen functional groups attached to an aromatic ring is 1. The van der Waals surface area contributed by atoms with Crippen LogP contribution >= 0.6 is 0 Å². The number of carbonyl (C=O) groups excluding carboxylic acids is 1. The number of halogens is 4. The van der Waals surface area contributed by atoms with Gasteiger partial charge in [-0.1, -0.05) is 0 Å². The van der Waals surface area contributed by atoms with Crippen LogP contribution in [-0.4, -0.2) is 64.1 Å². The summed E-state index contributed by atoms with van der Waals surface area (Å²) in [6.45, 7) is 2.52. The molecular weight excluding hydrogens is 452 g/mol. The van der Waals surface area contributed by atoms with E-state index in [-0.39, 0.29) is 36.9 Å². The molecule has 0 spiro atoms. The summed E-state index contributed by atoms with van der Waals surface area (Å²) in [5.74, 6) is -3.17. The normalized spacial score (nSPS) is 19.2. The fourth-order valence-corrected chi connectivity index (χ4v) is 4.57. The number of nitrogens with zero attached hydrogens (tertiary/aromatic N) is 4. The van der Waals surface area contributed by atoms with Gasteiger partial charge in [0.05, 0.1) is 0 Å². The number of hydrogen-bond acceptors (Lipinski definition) is 6. The number of nitrogens with one attached hydrogen (secondary N) is 1. The Labute approximate surface area is 195 Å². The molecule has 0 saturated carbocycles. The van der Waals surface area contributed by atoms with Gasteiger partial charge in [-0.2, -0.15) is 0 Å². The van der Waals surface area contributed by atoms with Gasteiger partial charge in [0, 0.05) is 82.2 Å². The number of rotatable bonds is 6. The molecule has 3 N–H and O–H groups in total. The molecule has 34 heavy (non-hydrogen) atoms. The summed E-state index contributed by atoms with van der Waals surface area (Å²) in [4.78, 5) is 24.5. The summed E-state index contributed by atoms with van der Waals surface area (Å²) in [5, 5.41) is 2.71. The van der Waals surface area contributed by atoms with E-state index in [1.165, 1.54) is 0 Å². The van der Waals surface area contributed by atoms with Gasteiger partial charge in [-0.3, -0.25) is 9.69 Å². The number of likely N-dealkylation sites (tertiary alicyclic amines) is 2. The minimum absolute atomic E-state index is 0.0624. The zero-order valence-corrected chi connectivity index (χ0v) is 18.7. The van der Waals surface area contributed by atoms with Crippen LogP contribution in [0.1, 0.15) is 31.2 Å². The van der Waals surface area contributed by atoms with Crippen molar-refractivity contribution in [3.05, 3.63) is 47.5 Å². The molecule has 2 aromatic rings. The van der Waals surface area contributed by atoms with Crippen molar-refractivity contribution in [2.75, 3.05) is 43.8 Å². The Balaban J connectivity index is 1.23. The van der Waals surface area contributed by atoms with Gasteiger partial charge in [-0.25, -0.2) is 27.5 Å². The zero-order valence-electron chi connectivity index (χ0n) is 18.7. The van der Waals surface area contributed by atoms with E-state index in [1.807, 2.05) is 0 Å². The number of carbonyl (C=O) groups is 1. The van der Waals surface area contributed by atoms with Crippen molar-refractivity contribution in [3.8, 4) is 0 Å². The monoisotopic (exact) mass is 480 g/mol. The van der Waals surface area contributed by atoms with E-state index in [4.69, 9.17) is 5.73 Å². The largest absolute Gasteiger partial charge is 0.380 e. The Morgan fingerprint density at radius 3 is 2.24 bits per heavy atom. The van der Waals surface area contributed by atoms with Crippen LogP contribution in [0.5, 0.6) is 0 Å². The molecule has 0 bridgehead atoms. The van der Waals surface area contributed by atoms with Crippen LogP contribution in [0.3, 0.4) is 0 Å². The highest BCUT2D eigenvalue weighted by Crippen LogP contribution is 2.31. The van der Waals surface area contributed by atoms with Crippen LogP contribution in [0.25, 0.3) is 0 Å². The first kappa shape index (κ1) is 24.2. The summed E-state index contributed by atoms with van der Waals surface area (Å²) >= 11 is 0. The third-order valence-electron chi connectivity index (χ3n) is 6.64. The topological polar surface area (TPSA) is 87.4 Å². The average molecular weight is 481 g/mol. The summed E-state index contributed by atoms with van der Waals surface area (Å²) in [5.41, 5.74) is 4.12. The molecule has 7 nitrogen and oxygen atoms in total. The van der Waals surface area contributed by atoms with Gasteiger partial charge < -0.3 is 16.0 Å². The molecular formula is C23H28F4N6O. The number of hydrogen-bond donors (Lipinski definition) is 2. The highest BCUT2D eigenvalue weighted by atomic mass is 19.2. The first-order chi connectivity index (χ1) is 16.2. The van der Waals surface area contributed by atoms with Crippen molar-refractivity contribution in [1.29, 1.82) is 0 Å². The van der Waals surface area contributed by atoms with E-state index in [2.05, 4.69) is 20.2 Å². The highest BCUT2D eigenvalue weighted by Gasteiger charge is 2.44. The number of amides is 1. The fraction of sp³-hybridized carbons (Fsp3) is 0.522. The highest BCUT2D eigenvalue weighted by molar-refractivity contribution is 5.85. The maximum atomic E-state index is 15.5. The molecule has 1 aromatic heterocycles. The SMILES string of the molecule is Nc1ncc(CN2CCC(F)(C(=O)N3CCC(CNc4c(F)cc(F)cc4F)CC3)CC2)cn1. The first-order valence-corrected chi connectivity index (χ1v) is 11.4. The summed E-state index contributed by atoms with van der Waals surface area (Å²) in [6, 6.07) is 1.25. The Morgan fingerprint density at radius 1 is 1.06 bits per heavy atom. The van der Waals surface area contributed by atoms with Gasteiger partial charge in [-0.05, 0) is 18.8 Å². The second-order valence-electron chi connectivity index (χ2n) is 9.05. The lowest BCUT2D eigenvalue weighted by atomic mass is 9.89. The number of piperidine rings is 2. The van der Waals surface area contributed by atoms with Crippen LogP contribution in [0.15, 0.2) is 24.5 Å². The maximum absolute atomic E-state index is 15.5. The summed E-state index contributed by atoms with van der Waals surface area (Å²) in [6.07, 6.45) is 4.69. The van der Waals surface area contributed by atoms with Crippen LogP contribution in [0, 0.1) is 23.4 Å². The number of nitrogens with two attached hydrogens (primary N) is 1. The van der Waals surface area contributed by atoms with Crippen molar-refractivity contribution in [2.45, 2.75) is 37.9 Å². The molecule has 2 aliphatic rings. The Hall–Kier alpha value is -2.95. The number of benzene rings is 1. The molecule has 2 fully saturated rings. The van der Waals surface area contributed by atoms with E-state index >= 15 is 4.39 Å². The van der Waals surface area contributed by atoms with Gasteiger partial charge >= 0.3 is 0 Å². The lowest BCUT2D eigenvalue weighted by Crippen LogP contribution is -2.54. The smallest absolute Gasteiger partial charge is 0.260 e. The van der Waals surface area contributed by atoms with Crippen LogP contribution in [0.4, 0.5) is 29.2 Å². The average Bonchev–Trinajstić information content (AvgIpc) is 2.81. The minimum Gasteiger partial charge on any atom is -0.380 e. The molecule has 3 heterocycles. The fourth-order valence-electron chi connectivity index (χ4n) is 4.57. The van der Waals surface area contributed by atoms with Crippen LogP contribution in [0.2, 0.25) is 0 Å². The third kappa shape index (κ3) is 5.57. The molecule has 0 unspecified atom stereocenters. The molecule has 4 rings (SSSR count). The molecule has 2 saturated heterocycles. The van der Waals surface area contributed by atoms with Gasteiger partial charge in [0.1, 0.15) is 11.5 Å². The van der Waals surface area contributed by atoms with Crippen LogP contribution in [-0.2, 0) is 11.3 Å². The Bertz CT molecular complexity index is 982. The predicted octanol–water partition coefficient (Wildman–Crippen LogP) is 3.13. The summed E-state index contributed by atoms with van der Waals surface area (Å²) in [7, 11) is 0. The zero-order chi connectivity index (χ0) is 24.3. The van der Waals surface area contributed by atoms with Crippen molar-refractivity contribution >= 4 is 17.5 Å². The minimum atomic E-state index is -1.89. The van der Waals surface area contributed by atoms with Gasteiger partial charge in [0.25, 0.3) is 5.91 Å². The van der Waals surface area contributed by atoms with Crippen LogP contribution < -0.4 is 11.1 Å². The van der Waals surface area contributed by atoms with E-state index < -0.39 is 29.0 Å². The second kappa shape index (κ2) is 10.1. The third-order valence-corrected chi connectivity index (χ3v) is 6.64. The number of anilines is 2. The molecule has 0 radical (unpaired) electrons. The Morgan fingerprint density at radius 2 is 1.65 bits per heavy atom. The predicted molar refractivity (Wildman–Crippen MR) is 119 cm³/mol. The van der Waals surface area contributed by atoms with Crippen molar-refractivity contribution in [3.63, 3.8) is 0 Å². The number of aromatic nitrogens is 2. The lowest BCUT2D eigenvalue weighted by Gasteiger charge is -2.40. The lowest BCUT2D eigenvalue weighted by molar-refractivity contribution is -0.149. The second-order valence-corrected chi connectivity index (χ2v) is 9.05. The molecule has 1 amide bonds. The molecule has 1 aromatic carbocycles. The standard InChI is InChI=1S/C23H28F4N6O/c24-17-9-18(25)20(19(26)10-17)29-11-15-1-5-33(6-2-15)21(34)23(27)3-7-32(8-4-23)14-16-12-30-22(28)31-13-16/h9-10,12-13,15,29H,1-8,11,14H2,(H2,28,30,31).